The predicted molar refractivity (Wildman–Crippen MR) is 116 cm³/mol. The number of hydrogen-bond acceptors (Lipinski definition) is 4. The van der Waals surface area contributed by atoms with Crippen molar-refractivity contribution >= 4 is 39.3 Å². The van der Waals surface area contributed by atoms with Gasteiger partial charge in [0, 0.05) is 42.5 Å². The number of nitrogens with zero attached hydrogens (tertiary/aromatic N) is 3. The lowest BCUT2D eigenvalue weighted by Crippen LogP contribution is -2.49. The highest BCUT2D eigenvalue weighted by Crippen LogP contribution is 3.02. The molecule has 0 spiro atoms. The molecule has 0 radical (unpaired) electrons. The van der Waals surface area contributed by atoms with Crippen molar-refractivity contribution in [3.63, 3.8) is 0 Å². The van der Waals surface area contributed by atoms with Crippen molar-refractivity contribution in [2.24, 2.45) is 0 Å². The van der Waals surface area contributed by atoms with Gasteiger partial charge in [-0.3, -0.25) is 14.5 Å². The average Bonchev–Trinajstić information content (AvgIpc) is 2.77. The SMILES string of the molecule is O=C(NC1CCC(F)(F)CC1)[C@H](c1cncnc1)N(C(=O)[C@H](F)Cl)c1ccc(S(F)(F)(F)(F)F)cc1. The Bertz CT molecular complexity index is 1110. The third-order valence-corrected chi connectivity index (χ3v) is 6.80. The molecule has 2 amide bonds. The zero-order chi connectivity index (χ0) is 27.0. The first kappa shape index (κ1) is 27.9. The van der Waals surface area contributed by atoms with Gasteiger partial charge >= 0.3 is 10.2 Å². The second-order valence-electron chi connectivity index (χ2n) is 8.18. The molecule has 0 unspecified atom stereocenters. The zero-order valence-corrected chi connectivity index (χ0v) is 19.6. The molecule has 3 rings (SSSR count). The molecule has 1 aliphatic rings. The fourth-order valence-corrected chi connectivity index (χ4v) is 4.46. The summed E-state index contributed by atoms with van der Waals surface area (Å²) >= 11 is 5.28. The number of hydrogen-bond donors (Lipinski definition) is 1. The van der Waals surface area contributed by atoms with E-state index in [1.807, 2.05) is 0 Å². The van der Waals surface area contributed by atoms with Crippen molar-refractivity contribution in [3.8, 4) is 0 Å². The molecule has 36 heavy (non-hydrogen) atoms. The summed E-state index contributed by atoms with van der Waals surface area (Å²) in [6.45, 7) is 0. The lowest BCUT2D eigenvalue weighted by molar-refractivity contribution is -0.128. The molecule has 200 valence electrons. The molecule has 1 aromatic carbocycles. The number of rotatable bonds is 7. The maximum atomic E-state index is 13.9. The molecule has 2 aromatic rings. The van der Waals surface area contributed by atoms with E-state index in [0.717, 1.165) is 18.7 Å². The Balaban J connectivity index is 2.04. The largest absolute Gasteiger partial charge is 0.351 e. The molecule has 2 atom stereocenters. The Kier molecular flexibility index (Phi) is 6.98. The summed E-state index contributed by atoms with van der Waals surface area (Å²) < 4.78 is 107. The van der Waals surface area contributed by atoms with Gasteiger partial charge in [-0.15, -0.1) is 0 Å². The molecule has 1 heterocycles. The van der Waals surface area contributed by atoms with Crippen molar-refractivity contribution in [2.75, 3.05) is 4.90 Å². The summed E-state index contributed by atoms with van der Waals surface area (Å²) in [5.74, 6) is -5.54. The van der Waals surface area contributed by atoms with Crippen molar-refractivity contribution in [1.29, 1.82) is 0 Å². The first-order valence-corrected chi connectivity index (χ1v) is 12.7. The van der Waals surface area contributed by atoms with Gasteiger partial charge < -0.3 is 5.32 Å². The maximum absolute atomic E-state index is 13.9. The molecule has 0 bridgehead atoms. The molecule has 1 aliphatic carbocycles. The van der Waals surface area contributed by atoms with Gasteiger partial charge in [0.05, 0.1) is 0 Å². The average molecular weight is 567 g/mol. The van der Waals surface area contributed by atoms with E-state index in [9.17, 15) is 42.2 Å². The van der Waals surface area contributed by atoms with Crippen LogP contribution in [0, 0.1) is 0 Å². The molecule has 0 saturated heterocycles. The smallest absolute Gasteiger partial charge is 0.310 e. The standard InChI is InChI=1S/C20H19ClF8N4O2S/c21-17(22)19(35)33(14-1-3-15(4-2-14)36(25,26,27,28)29)16(12-9-30-11-31-10-12)18(34)32-13-5-7-20(23,24)8-6-13/h1-4,9-11,13,16-17H,5-8H2,(H,32,34)/t16-,17-/m0/s1. The van der Waals surface area contributed by atoms with E-state index in [2.05, 4.69) is 15.3 Å². The number of anilines is 1. The molecule has 6 nitrogen and oxygen atoms in total. The molecule has 16 heteroatoms. The van der Waals surface area contributed by atoms with Crippen LogP contribution in [-0.4, -0.2) is 39.4 Å². The van der Waals surface area contributed by atoms with Crippen LogP contribution < -0.4 is 10.2 Å². The minimum atomic E-state index is -10.1. The molecule has 1 fully saturated rings. The van der Waals surface area contributed by atoms with Gasteiger partial charge in [0.25, 0.3) is 11.5 Å². The third kappa shape index (κ3) is 6.75. The van der Waals surface area contributed by atoms with Crippen LogP contribution in [0.5, 0.6) is 0 Å². The second-order valence-corrected chi connectivity index (χ2v) is 11.0. The summed E-state index contributed by atoms with van der Waals surface area (Å²) in [4.78, 5) is 31.4. The van der Waals surface area contributed by atoms with E-state index in [1.54, 1.807) is 0 Å². The van der Waals surface area contributed by atoms with E-state index in [-0.39, 0.29) is 30.5 Å². The fraction of sp³-hybridized carbons (Fsp3) is 0.400. The predicted octanol–water partition coefficient (Wildman–Crippen LogP) is 6.44. The van der Waals surface area contributed by atoms with Gasteiger partial charge in [-0.25, -0.2) is 23.1 Å². The maximum Gasteiger partial charge on any atom is 0.310 e. The normalized spacial score (nSPS) is 19.9. The molecule has 0 aliphatic heterocycles. The van der Waals surface area contributed by atoms with Gasteiger partial charge in [0.2, 0.25) is 11.8 Å². The summed E-state index contributed by atoms with van der Waals surface area (Å²) in [5.41, 5.74) is -3.50. The Hall–Kier alpha value is -2.68. The van der Waals surface area contributed by atoms with Crippen molar-refractivity contribution in [1.82, 2.24) is 15.3 Å². The van der Waals surface area contributed by atoms with Crippen LogP contribution in [0.3, 0.4) is 0 Å². The van der Waals surface area contributed by atoms with E-state index in [0.29, 0.717) is 17.0 Å². The van der Waals surface area contributed by atoms with Crippen molar-refractivity contribution < 1.29 is 42.2 Å². The summed E-state index contributed by atoms with van der Waals surface area (Å²) in [6.07, 6.45) is 1.87. The monoisotopic (exact) mass is 566 g/mol. The van der Waals surface area contributed by atoms with Gasteiger partial charge in [-0.2, -0.15) is 0 Å². The van der Waals surface area contributed by atoms with Gasteiger partial charge in [-0.1, -0.05) is 31.0 Å². The Morgan fingerprint density at radius 2 is 1.56 bits per heavy atom. The van der Waals surface area contributed by atoms with Gasteiger partial charge in [-0.05, 0) is 37.1 Å². The highest BCUT2D eigenvalue weighted by atomic mass is 35.5. The number of aromatic nitrogens is 2. The van der Waals surface area contributed by atoms with Crippen LogP contribution in [-0.2, 0) is 9.59 Å². The molecular weight excluding hydrogens is 548 g/mol. The number of nitrogens with one attached hydrogen (secondary N) is 1. The highest BCUT2D eigenvalue weighted by molar-refractivity contribution is 8.45. The Morgan fingerprint density at radius 3 is 2.03 bits per heavy atom. The third-order valence-electron chi connectivity index (χ3n) is 5.45. The minimum Gasteiger partial charge on any atom is -0.351 e. The number of alkyl halides is 4. The number of benzene rings is 1. The second kappa shape index (κ2) is 9.01. The number of halogens is 9. The molecule has 1 saturated carbocycles. The van der Waals surface area contributed by atoms with Crippen LogP contribution in [0.25, 0.3) is 0 Å². The Morgan fingerprint density at radius 1 is 1.03 bits per heavy atom. The molecule has 1 N–H and O–H groups in total. The van der Waals surface area contributed by atoms with Crippen LogP contribution in [0.1, 0.15) is 37.3 Å². The van der Waals surface area contributed by atoms with Crippen LogP contribution in [0.4, 0.5) is 38.3 Å². The van der Waals surface area contributed by atoms with Crippen molar-refractivity contribution in [3.05, 3.63) is 48.5 Å². The quantitative estimate of drug-likeness (QED) is 0.309. The van der Waals surface area contributed by atoms with Crippen LogP contribution in [0.15, 0.2) is 47.9 Å². The fourth-order valence-electron chi connectivity index (χ4n) is 3.71. The van der Waals surface area contributed by atoms with Crippen LogP contribution >= 0.6 is 21.8 Å². The zero-order valence-electron chi connectivity index (χ0n) is 18.1. The summed E-state index contributed by atoms with van der Waals surface area (Å²) in [5, 5.41) is 2.47. The first-order valence-electron chi connectivity index (χ1n) is 10.3. The molecule has 1 aromatic heterocycles. The number of carbonyl (C=O) groups is 2. The first-order chi connectivity index (χ1) is 16.4. The molecular formula is C20H19ClF8N4O2S. The van der Waals surface area contributed by atoms with E-state index in [1.165, 1.54) is 0 Å². The lowest BCUT2D eigenvalue weighted by Gasteiger charge is -2.40. The van der Waals surface area contributed by atoms with Gasteiger partial charge in [0.15, 0.2) is 0 Å². The highest BCUT2D eigenvalue weighted by Gasteiger charge is 2.65. The Labute approximate surface area is 204 Å². The number of carbonyl (C=O) groups excluding carboxylic acids is 2. The van der Waals surface area contributed by atoms with E-state index in [4.69, 9.17) is 11.6 Å². The lowest BCUT2D eigenvalue weighted by atomic mass is 9.92. The van der Waals surface area contributed by atoms with E-state index < -0.39 is 69.1 Å². The topological polar surface area (TPSA) is 75.2 Å². The number of amides is 2. The van der Waals surface area contributed by atoms with Gasteiger partial charge in [0.1, 0.15) is 17.3 Å². The van der Waals surface area contributed by atoms with Crippen molar-refractivity contribution in [2.45, 2.75) is 54.2 Å². The summed E-state index contributed by atoms with van der Waals surface area (Å²) in [7, 11) is -10.1. The van der Waals surface area contributed by atoms with Crippen LogP contribution in [0.2, 0.25) is 0 Å². The minimum absolute atomic E-state index is 0.0156. The summed E-state index contributed by atoms with van der Waals surface area (Å²) in [6, 6.07) is -1.71. The van der Waals surface area contributed by atoms with E-state index >= 15 is 0 Å².